The van der Waals surface area contributed by atoms with E-state index in [2.05, 4.69) is 4.98 Å². The minimum atomic E-state index is -0.0603. The Morgan fingerprint density at radius 2 is 1.78 bits per heavy atom. The molecule has 138 valence electrons. The van der Waals surface area contributed by atoms with E-state index in [0.717, 1.165) is 16.2 Å². The molecule has 3 rings (SSSR count). The predicted molar refractivity (Wildman–Crippen MR) is 108 cm³/mol. The quantitative estimate of drug-likeness (QED) is 0.598. The molecule has 5 heteroatoms. The number of ether oxygens (including phenoxy) is 1. The highest BCUT2D eigenvalue weighted by molar-refractivity contribution is 7.99. The fourth-order valence-electron chi connectivity index (χ4n) is 2.55. The number of aryl methyl sites for hydroxylation is 1. The van der Waals surface area contributed by atoms with Crippen molar-refractivity contribution in [3.63, 3.8) is 0 Å². The van der Waals surface area contributed by atoms with Gasteiger partial charge in [0, 0.05) is 18.1 Å². The first-order valence-electron chi connectivity index (χ1n) is 8.77. The van der Waals surface area contributed by atoms with E-state index in [1.807, 2.05) is 67.6 Å². The van der Waals surface area contributed by atoms with Gasteiger partial charge < -0.3 is 9.64 Å². The summed E-state index contributed by atoms with van der Waals surface area (Å²) in [5.74, 6) is 0.787. The van der Waals surface area contributed by atoms with Crippen molar-refractivity contribution >= 4 is 17.7 Å². The van der Waals surface area contributed by atoms with Gasteiger partial charge in [-0.05, 0) is 42.8 Å². The van der Waals surface area contributed by atoms with Crippen LogP contribution in [0.3, 0.4) is 0 Å². The fourth-order valence-corrected chi connectivity index (χ4v) is 3.45. The molecule has 2 aromatic carbocycles. The van der Waals surface area contributed by atoms with Gasteiger partial charge in [0.25, 0.3) is 5.91 Å². The molecule has 0 atom stereocenters. The number of nitrogens with zero attached hydrogens (tertiary/aromatic N) is 2. The first-order chi connectivity index (χ1) is 13.1. The molecule has 0 saturated carbocycles. The van der Waals surface area contributed by atoms with Crippen LogP contribution in [-0.2, 0) is 0 Å². The zero-order valence-electron chi connectivity index (χ0n) is 15.5. The Balaban J connectivity index is 1.64. The topological polar surface area (TPSA) is 42.4 Å². The SMILES string of the molecule is Cc1ccccc1OCCN(C)C(=O)c1cccnc1Sc1ccccc1. The van der Waals surface area contributed by atoms with E-state index in [1.54, 1.807) is 24.2 Å². The van der Waals surface area contributed by atoms with Crippen LogP contribution in [0.5, 0.6) is 5.75 Å². The molecular formula is C22H22N2O2S. The van der Waals surface area contributed by atoms with Crippen molar-refractivity contribution in [3.05, 3.63) is 84.1 Å². The van der Waals surface area contributed by atoms with E-state index in [9.17, 15) is 4.79 Å². The lowest BCUT2D eigenvalue weighted by atomic mass is 10.2. The Kier molecular flexibility index (Phi) is 6.49. The molecule has 0 spiro atoms. The van der Waals surface area contributed by atoms with E-state index in [1.165, 1.54) is 11.8 Å². The van der Waals surface area contributed by atoms with Gasteiger partial charge in [-0.2, -0.15) is 0 Å². The number of pyridine rings is 1. The van der Waals surface area contributed by atoms with E-state index >= 15 is 0 Å². The normalized spacial score (nSPS) is 10.4. The highest BCUT2D eigenvalue weighted by Gasteiger charge is 2.17. The van der Waals surface area contributed by atoms with Crippen molar-refractivity contribution in [2.75, 3.05) is 20.2 Å². The van der Waals surface area contributed by atoms with Gasteiger partial charge in [0.05, 0.1) is 12.1 Å². The van der Waals surface area contributed by atoms with Crippen molar-refractivity contribution in [3.8, 4) is 5.75 Å². The standard InChI is InChI=1S/C22H22N2O2S/c1-17-9-6-7-13-20(17)26-16-15-24(2)22(25)19-12-8-14-23-21(19)27-18-10-4-3-5-11-18/h3-14H,15-16H2,1-2H3. The molecule has 0 aliphatic heterocycles. The zero-order valence-corrected chi connectivity index (χ0v) is 16.3. The molecule has 1 amide bonds. The summed E-state index contributed by atoms with van der Waals surface area (Å²) in [6, 6.07) is 21.4. The van der Waals surface area contributed by atoms with Crippen LogP contribution in [0.25, 0.3) is 0 Å². The summed E-state index contributed by atoms with van der Waals surface area (Å²) in [7, 11) is 1.79. The van der Waals surface area contributed by atoms with Crippen LogP contribution in [0, 0.1) is 6.92 Å². The number of aromatic nitrogens is 1. The van der Waals surface area contributed by atoms with Gasteiger partial charge in [0.1, 0.15) is 17.4 Å². The molecule has 1 aromatic heterocycles. The molecule has 0 aliphatic rings. The van der Waals surface area contributed by atoms with Gasteiger partial charge in [-0.3, -0.25) is 4.79 Å². The first-order valence-corrected chi connectivity index (χ1v) is 9.58. The van der Waals surface area contributed by atoms with Crippen LogP contribution in [-0.4, -0.2) is 36.0 Å². The second-order valence-corrected chi connectivity index (χ2v) is 7.17. The van der Waals surface area contributed by atoms with Gasteiger partial charge in [-0.15, -0.1) is 0 Å². The lowest BCUT2D eigenvalue weighted by molar-refractivity contribution is 0.0769. The maximum absolute atomic E-state index is 12.9. The molecule has 0 unspecified atom stereocenters. The molecule has 0 fully saturated rings. The fraction of sp³-hybridized carbons (Fsp3) is 0.182. The van der Waals surface area contributed by atoms with Crippen LogP contribution >= 0.6 is 11.8 Å². The predicted octanol–water partition coefficient (Wildman–Crippen LogP) is 4.69. The number of benzene rings is 2. The largest absolute Gasteiger partial charge is 0.491 e. The van der Waals surface area contributed by atoms with Crippen molar-refractivity contribution in [1.82, 2.24) is 9.88 Å². The molecule has 0 bridgehead atoms. The van der Waals surface area contributed by atoms with Crippen molar-refractivity contribution in [2.24, 2.45) is 0 Å². The summed E-state index contributed by atoms with van der Waals surface area (Å²) in [5, 5.41) is 0.709. The smallest absolute Gasteiger partial charge is 0.256 e. The molecule has 3 aromatic rings. The summed E-state index contributed by atoms with van der Waals surface area (Å²) in [6.07, 6.45) is 1.71. The zero-order chi connectivity index (χ0) is 19.1. The van der Waals surface area contributed by atoms with Crippen LogP contribution in [0.4, 0.5) is 0 Å². The number of carbonyl (C=O) groups is 1. The van der Waals surface area contributed by atoms with E-state index < -0.39 is 0 Å². The summed E-state index contributed by atoms with van der Waals surface area (Å²) < 4.78 is 5.80. The number of para-hydroxylation sites is 1. The highest BCUT2D eigenvalue weighted by atomic mass is 32.2. The van der Waals surface area contributed by atoms with Crippen molar-refractivity contribution < 1.29 is 9.53 Å². The molecule has 4 nitrogen and oxygen atoms in total. The summed E-state index contributed by atoms with van der Waals surface area (Å²) in [4.78, 5) is 20.0. The lowest BCUT2D eigenvalue weighted by Gasteiger charge is -2.19. The summed E-state index contributed by atoms with van der Waals surface area (Å²) in [5.41, 5.74) is 1.69. The Morgan fingerprint density at radius 3 is 2.56 bits per heavy atom. The van der Waals surface area contributed by atoms with Gasteiger partial charge in [0.2, 0.25) is 0 Å². The molecular weight excluding hydrogens is 356 g/mol. The molecule has 0 radical (unpaired) electrons. The molecule has 1 heterocycles. The highest BCUT2D eigenvalue weighted by Crippen LogP contribution is 2.28. The van der Waals surface area contributed by atoms with E-state index in [-0.39, 0.29) is 5.91 Å². The number of hydrogen-bond acceptors (Lipinski definition) is 4. The second-order valence-electron chi connectivity index (χ2n) is 6.11. The number of rotatable bonds is 7. The number of hydrogen-bond donors (Lipinski definition) is 0. The Labute approximate surface area is 164 Å². The second kappa shape index (κ2) is 9.24. The van der Waals surface area contributed by atoms with E-state index in [4.69, 9.17) is 4.74 Å². The molecule has 0 saturated heterocycles. The number of amides is 1. The summed E-state index contributed by atoms with van der Waals surface area (Å²) >= 11 is 1.49. The van der Waals surface area contributed by atoms with Gasteiger partial charge in [-0.1, -0.05) is 48.2 Å². The Bertz CT molecular complexity index is 900. The molecule has 0 aliphatic carbocycles. The Hall–Kier alpha value is -2.79. The van der Waals surface area contributed by atoms with Gasteiger partial charge in [0.15, 0.2) is 0 Å². The minimum Gasteiger partial charge on any atom is -0.491 e. The number of likely N-dealkylation sites (N-methyl/N-ethyl adjacent to an activating group) is 1. The van der Waals surface area contributed by atoms with Crippen LogP contribution < -0.4 is 4.74 Å². The van der Waals surface area contributed by atoms with Gasteiger partial charge >= 0.3 is 0 Å². The van der Waals surface area contributed by atoms with Crippen LogP contribution in [0.2, 0.25) is 0 Å². The maximum Gasteiger partial charge on any atom is 0.256 e. The first kappa shape index (κ1) is 19.0. The molecule has 27 heavy (non-hydrogen) atoms. The average Bonchev–Trinajstić information content (AvgIpc) is 2.70. The maximum atomic E-state index is 12.9. The number of carbonyl (C=O) groups excluding carboxylic acids is 1. The third kappa shape index (κ3) is 5.11. The lowest BCUT2D eigenvalue weighted by Crippen LogP contribution is -2.31. The third-order valence-electron chi connectivity index (χ3n) is 4.08. The minimum absolute atomic E-state index is 0.0603. The monoisotopic (exact) mass is 378 g/mol. The third-order valence-corrected chi connectivity index (χ3v) is 5.11. The molecule has 0 N–H and O–H groups in total. The summed E-state index contributed by atoms with van der Waals surface area (Å²) in [6.45, 7) is 2.94. The van der Waals surface area contributed by atoms with Crippen LogP contribution in [0.1, 0.15) is 15.9 Å². The van der Waals surface area contributed by atoms with E-state index in [0.29, 0.717) is 23.7 Å². The average molecular weight is 378 g/mol. The van der Waals surface area contributed by atoms with Crippen LogP contribution in [0.15, 0.2) is 82.8 Å². The van der Waals surface area contributed by atoms with Gasteiger partial charge in [-0.25, -0.2) is 4.98 Å². The Morgan fingerprint density at radius 1 is 1.04 bits per heavy atom. The van der Waals surface area contributed by atoms with Crippen molar-refractivity contribution in [2.45, 2.75) is 16.8 Å². The van der Waals surface area contributed by atoms with Crippen molar-refractivity contribution in [1.29, 1.82) is 0 Å².